The number of hydrogen-bond acceptors (Lipinski definition) is 1. The maximum atomic E-state index is 6.39. The van der Waals surface area contributed by atoms with E-state index in [2.05, 4.69) is 38.1 Å². The minimum Gasteiger partial charge on any atom is -0.327 e. The van der Waals surface area contributed by atoms with Crippen LogP contribution in [0.3, 0.4) is 0 Å². The van der Waals surface area contributed by atoms with Gasteiger partial charge in [0.1, 0.15) is 0 Å². The fourth-order valence-electron chi connectivity index (χ4n) is 2.97. The summed E-state index contributed by atoms with van der Waals surface area (Å²) < 4.78 is 0. The molecular formula is C16H25N. The van der Waals surface area contributed by atoms with Crippen LogP contribution < -0.4 is 5.73 Å². The van der Waals surface area contributed by atoms with Gasteiger partial charge in [0.15, 0.2) is 0 Å². The molecule has 0 heterocycles. The minimum absolute atomic E-state index is 0.351. The van der Waals surface area contributed by atoms with E-state index in [0.29, 0.717) is 6.04 Å². The maximum absolute atomic E-state index is 6.39. The Morgan fingerprint density at radius 2 is 1.82 bits per heavy atom. The number of aryl methyl sites for hydroxylation is 1. The Morgan fingerprint density at radius 1 is 1.18 bits per heavy atom. The van der Waals surface area contributed by atoms with Gasteiger partial charge < -0.3 is 5.73 Å². The molecule has 2 rings (SSSR count). The molecule has 0 aromatic heterocycles. The first-order chi connectivity index (χ1) is 8.16. The molecule has 0 aliphatic heterocycles. The van der Waals surface area contributed by atoms with Crippen molar-refractivity contribution in [2.45, 2.75) is 52.0 Å². The van der Waals surface area contributed by atoms with Gasteiger partial charge in [-0.3, -0.25) is 0 Å². The normalized spacial score (nSPS) is 26.8. The summed E-state index contributed by atoms with van der Waals surface area (Å²) in [5.74, 6) is 1.66. The molecule has 1 nitrogen and oxygen atoms in total. The van der Waals surface area contributed by atoms with Crippen LogP contribution in [0.5, 0.6) is 0 Å². The summed E-state index contributed by atoms with van der Waals surface area (Å²) in [5.41, 5.74) is 9.21. The van der Waals surface area contributed by atoms with E-state index in [0.717, 1.165) is 18.3 Å². The van der Waals surface area contributed by atoms with Gasteiger partial charge in [0.05, 0.1) is 0 Å². The molecule has 0 bridgehead atoms. The van der Waals surface area contributed by atoms with Crippen molar-refractivity contribution in [1.82, 2.24) is 0 Å². The Morgan fingerprint density at radius 3 is 2.47 bits per heavy atom. The topological polar surface area (TPSA) is 26.0 Å². The summed E-state index contributed by atoms with van der Waals surface area (Å²) in [4.78, 5) is 0. The quantitative estimate of drug-likeness (QED) is 0.843. The third-order valence-electron chi connectivity index (χ3n) is 4.38. The third kappa shape index (κ3) is 3.32. The van der Waals surface area contributed by atoms with Crippen LogP contribution in [0, 0.1) is 18.8 Å². The average Bonchev–Trinajstić information content (AvgIpc) is 2.33. The highest BCUT2D eigenvalue weighted by Gasteiger charge is 2.23. The van der Waals surface area contributed by atoms with Gasteiger partial charge in [0.25, 0.3) is 0 Å². The molecule has 1 saturated carbocycles. The lowest BCUT2D eigenvalue weighted by molar-refractivity contribution is 0.253. The molecule has 1 atom stereocenters. The lowest BCUT2D eigenvalue weighted by Gasteiger charge is -2.31. The molecule has 1 aromatic rings. The van der Waals surface area contributed by atoms with Crippen molar-refractivity contribution in [2.75, 3.05) is 0 Å². The monoisotopic (exact) mass is 231 g/mol. The Hall–Kier alpha value is -0.820. The van der Waals surface area contributed by atoms with E-state index in [-0.39, 0.29) is 0 Å². The van der Waals surface area contributed by atoms with Crippen LogP contribution in [0.25, 0.3) is 0 Å². The standard InChI is InChI=1S/C16H25N/c1-12-7-9-14(10-8-12)16(17)11-15-6-4-3-5-13(15)2/h3-6,12,14,16H,7-11,17H2,1-2H3. The first-order valence-corrected chi connectivity index (χ1v) is 6.97. The zero-order valence-electron chi connectivity index (χ0n) is 11.2. The van der Waals surface area contributed by atoms with E-state index in [4.69, 9.17) is 5.73 Å². The van der Waals surface area contributed by atoms with Gasteiger partial charge in [-0.2, -0.15) is 0 Å². The fourth-order valence-corrected chi connectivity index (χ4v) is 2.97. The van der Waals surface area contributed by atoms with Gasteiger partial charge >= 0.3 is 0 Å². The molecule has 17 heavy (non-hydrogen) atoms. The van der Waals surface area contributed by atoms with Crippen LogP contribution in [0.2, 0.25) is 0 Å². The summed E-state index contributed by atoms with van der Waals surface area (Å²) >= 11 is 0. The highest BCUT2D eigenvalue weighted by Crippen LogP contribution is 2.31. The Bertz CT molecular complexity index is 350. The van der Waals surface area contributed by atoms with Crippen molar-refractivity contribution >= 4 is 0 Å². The molecule has 1 aliphatic carbocycles. The van der Waals surface area contributed by atoms with E-state index in [1.54, 1.807) is 0 Å². The highest BCUT2D eigenvalue weighted by molar-refractivity contribution is 5.26. The van der Waals surface area contributed by atoms with Crippen LogP contribution in [-0.4, -0.2) is 6.04 Å². The Kier molecular flexibility index (Phi) is 4.22. The van der Waals surface area contributed by atoms with E-state index in [1.165, 1.54) is 36.8 Å². The maximum Gasteiger partial charge on any atom is 0.0108 e. The first-order valence-electron chi connectivity index (χ1n) is 6.97. The molecule has 1 aromatic carbocycles. The molecule has 94 valence electrons. The predicted octanol–water partition coefficient (Wildman–Crippen LogP) is 3.69. The molecule has 2 N–H and O–H groups in total. The van der Waals surface area contributed by atoms with Crippen molar-refractivity contribution < 1.29 is 0 Å². The molecule has 0 amide bonds. The smallest absolute Gasteiger partial charge is 0.0108 e. The van der Waals surface area contributed by atoms with Crippen LogP contribution in [0.1, 0.15) is 43.7 Å². The SMILES string of the molecule is Cc1ccccc1CC(N)C1CCC(C)CC1. The second-order valence-corrected chi connectivity index (χ2v) is 5.81. The van der Waals surface area contributed by atoms with E-state index >= 15 is 0 Å². The number of benzene rings is 1. The Labute approximate surface area is 105 Å². The third-order valence-corrected chi connectivity index (χ3v) is 4.38. The zero-order valence-corrected chi connectivity index (χ0v) is 11.2. The lowest BCUT2D eigenvalue weighted by atomic mass is 9.78. The van der Waals surface area contributed by atoms with E-state index < -0.39 is 0 Å². The fraction of sp³-hybridized carbons (Fsp3) is 0.625. The van der Waals surface area contributed by atoms with Gasteiger partial charge in [-0.15, -0.1) is 0 Å². The summed E-state index contributed by atoms with van der Waals surface area (Å²) in [6, 6.07) is 8.99. The minimum atomic E-state index is 0.351. The molecule has 1 fully saturated rings. The van der Waals surface area contributed by atoms with E-state index in [9.17, 15) is 0 Å². The van der Waals surface area contributed by atoms with Gasteiger partial charge in [0, 0.05) is 6.04 Å². The number of nitrogens with two attached hydrogens (primary N) is 1. The molecule has 1 heteroatoms. The van der Waals surface area contributed by atoms with Crippen molar-refractivity contribution in [3.8, 4) is 0 Å². The van der Waals surface area contributed by atoms with Gasteiger partial charge in [-0.05, 0) is 49.1 Å². The van der Waals surface area contributed by atoms with Crippen LogP contribution in [0.4, 0.5) is 0 Å². The lowest BCUT2D eigenvalue weighted by Crippen LogP contribution is -2.34. The van der Waals surface area contributed by atoms with Gasteiger partial charge in [-0.1, -0.05) is 44.0 Å². The number of hydrogen-bond donors (Lipinski definition) is 1. The van der Waals surface area contributed by atoms with Crippen molar-refractivity contribution in [3.05, 3.63) is 35.4 Å². The largest absolute Gasteiger partial charge is 0.327 e. The second-order valence-electron chi connectivity index (χ2n) is 5.81. The molecular weight excluding hydrogens is 206 g/mol. The summed E-state index contributed by atoms with van der Waals surface area (Å²) in [7, 11) is 0. The van der Waals surface area contributed by atoms with Crippen LogP contribution >= 0.6 is 0 Å². The highest BCUT2D eigenvalue weighted by atomic mass is 14.6. The molecule has 1 unspecified atom stereocenters. The van der Waals surface area contributed by atoms with Crippen molar-refractivity contribution in [2.24, 2.45) is 17.6 Å². The zero-order chi connectivity index (χ0) is 12.3. The first kappa shape index (κ1) is 12.6. The average molecular weight is 231 g/mol. The van der Waals surface area contributed by atoms with E-state index in [1.807, 2.05) is 0 Å². The summed E-state index contributed by atoms with van der Waals surface area (Å²) in [5, 5.41) is 0. The predicted molar refractivity (Wildman–Crippen MR) is 74.0 cm³/mol. The second kappa shape index (κ2) is 5.68. The van der Waals surface area contributed by atoms with Crippen molar-refractivity contribution in [3.63, 3.8) is 0 Å². The summed E-state index contributed by atoms with van der Waals surface area (Å²) in [6.07, 6.45) is 6.44. The summed E-state index contributed by atoms with van der Waals surface area (Å²) in [6.45, 7) is 4.55. The van der Waals surface area contributed by atoms with Gasteiger partial charge in [-0.25, -0.2) is 0 Å². The molecule has 0 radical (unpaired) electrons. The van der Waals surface area contributed by atoms with Crippen LogP contribution in [0.15, 0.2) is 24.3 Å². The molecule has 0 spiro atoms. The van der Waals surface area contributed by atoms with Crippen molar-refractivity contribution in [1.29, 1.82) is 0 Å². The number of rotatable bonds is 3. The molecule has 1 aliphatic rings. The van der Waals surface area contributed by atoms with Crippen LogP contribution in [-0.2, 0) is 6.42 Å². The Balaban J connectivity index is 1.93. The molecule has 0 saturated heterocycles. The van der Waals surface area contributed by atoms with Gasteiger partial charge in [0.2, 0.25) is 0 Å².